The Morgan fingerprint density at radius 1 is 0.474 bits per heavy atom. The highest BCUT2D eigenvalue weighted by Gasteiger charge is 2.35. The normalized spacial score (nSPS) is 13.6. The lowest BCUT2D eigenvalue weighted by Gasteiger charge is -2.25. The average Bonchev–Trinajstić information content (AvgIpc) is 4.21. The molecule has 0 bridgehead atoms. The van der Waals surface area contributed by atoms with E-state index in [1.807, 2.05) is 105 Å². The van der Waals surface area contributed by atoms with Crippen molar-refractivity contribution in [2.75, 3.05) is 41.4 Å². The maximum atomic E-state index is 12.8. The highest BCUT2D eigenvalue weighted by Crippen LogP contribution is 2.31. The predicted octanol–water partition coefficient (Wildman–Crippen LogP) is 7.97. The summed E-state index contributed by atoms with van der Waals surface area (Å²) >= 11 is 0. The zero-order valence-corrected chi connectivity index (χ0v) is 41.6. The van der Waals surface area contributed by atoms with Crippen molar-refractivity contribution in [1.82, 2.24) is 39.9 Å². The van der Waals surface area contributed by atoms with Crippen LogP contribution in [0.3, 0.4) is 0 Å². The van der Waals surface area contributed by atoms with E-state index in [1.54, 1.807) is 64.9 Å². The summed E-state index contributed by atoms with van der Waals surface area (Å²) in [4.78, 5) is 77.3. The first kappa shape index (κ1) is 49.8. The Labute approximate surface area is 435 Å². The molecule has 9 aromatic rings. The first-order valence-electron chi connectivity index (χ1n) is 24.2. The Morgan fingerprint density at radius 2 is 0.855 bits per heavy atom. The lowest BCUT2D eigenvalue weighted by molar-refractivity contribution is 0.0940. The summed E-state index contributed by atoms with van der Waals surface area (Å²) in [5, 5.41) is 0. The summed E-state index contributed by atoms with van der Waals surface area (Å²) in [5.41, 5.74) is 3.48. The number of nitrogens with zero attached hydrogens (tertiary/aromatic N) is 11. The van der Waals surface area contributed by atoms with E-state index in [0.29, 0.717) is 96.9 Å². The number of hydrogen-bond acceptors (Lipinski definition) is 18. The molecule has 0 saturated carbocycles. The molecule has 0 fully saturated rings. The second kappa shape index (κ2) is 23.0. The molecule has 0 saturated heterocycles. The number of fused-ring (bicyclic) bond motifs is 3. The quantitative estimate of drug-likeness (QED) is 0.106. The van der Waals surface area contributed by atoms with Gasteiger partial charge in [-0.05, 0) is 62.4 Å². The molecule has 3 aliphatic heterocycles. The Morgan fingerprint density at radius 3 is 1.24 bits per heavy atom. The van der Waals surface area contributed by atoms with Gasteiger partial charge in [-0.15, -0.1) is 0 Å². The maximum Gasteiger partial charge on any atom is 0.297 e. The van der Waals surface area contributed by atoms with Gasteiger partial charge in [0, 0.05) is 57.5 Å². The van der Waals surface area contributed by atoms with Gasteiger partial charge in [0.1, 0.15) is 17.2 Å². The number of aryl methyl sites for hydroxylation is 2. The topological polar surface area (TPSA) is 240 Å². The number of para-hydroxylation sites is 3. The monoisotopic (exact) mass is 1020 g/mol. The van der Waals surface area contributed by atoms with Crippen LogP contribution in [0, 0.1) is 13.8 Å². The molecule has 3 aliphatic rings. The van der Waals surface area contributed by atoms with E-state index in [2.05, 4.69) is 39.9 Å². The molecule has 0 atom stereocenters. The SMILES string of the molecule is COc1cccnc1N1CCc2nc(COc3ccccc3)oc2C1=O.Cc1cncc(N2CCc3nc(COc4ccccc4)oc3C2=O)n1.Cc1cncc(N2CCc3nc(COc4ccccc4)oc3C2=O)n1. The van der Waals surface area contributed by atoms with Crippen molar-refractivity contribution in [1.29, 1.82) is 0 Å². The van der Waals surface area contributed by atoms with Crippen LogP contribution in [-0.2, 0) is 39.1 Å². The third kappa shape index (κ3) is 11.5. The van der Waals surface area contributed by atoms with Crippen molar-refractivity contribution in [3.05, 3.63) is 198 Å². The molecule has 3 aromatic carbocycles. The third-order valence-corrected chi connectivity index (χ3v) is 11.8. The smallest absolute Gasteiger partial charge is 0.297 e. The summed E-state index contributed by atoms with van der Waals surface area (Å²) in [6, 6.07) is 31.7. The molecular weight excluding hydrogens is 975 g/mol. The number of anilines is 3. The number of benzene rings is 3. The number of carbonyl (C=O) groups is 3. The van der Waals surface area contributed by atoms with Gasteiger partial charge < -0.3 is 32.2 Å². The molecule has 0 radical (unpaired) electrons. The maximum absolute atomic E-state index is 12.8. The van der Waals surface area contributed by atoms with Crippen molar-refractivity contribution >= 4 is 35.2 Å². The summed E-state index contributed by atoms with van der Waals surface area (Å²) in [6.45, 7) is 5.64. The van der Waals surface area contributed by atoms with Crippen LogP contribution in [0.1, 0.15) is 77.8 Å². The number of hydrogen-bond donors (Lipinski definition) is 0. The van der Waals surface area contributed by atoms with Crippen molar-refractivity contribution in [2.45, 2.75) is 52.9 Å². The van der Waals surface area contributed by atoms with Gasteiger partial charge in [0.05, 0.1) is 48.0 Å². The molecular formula is C55H49N11O10. The van der Waals surface area contributed by atoms with Gasteiger partial charge >= 0.3 is 0 Å². The Kier molecular flexibility index (Phi) is 15.0. The Bertz CT molecular complexity index is 3310. The molecule has 21 nitrogen and oxygen atoms in total. The van der Waals surface area contributed by atoms with E-state index >= 15 is 0 Å². The lowest BCUT2D eigenvalue weighted by atomic mass is 10.1. The number of amides is 3. The lowest BCUT2D eigenvalue weighted by Crippen LogP contribution is -2.38. The summed E-state index contributed by atoms with van der Waals surface area (Å²) < 4.78 is 39.2. The van der Waals surface area contributed by atoms with Crippen molar-refractivity contribution in [3.63, 3.8) is 0 Å². The van der Waals surface area contributed by atoms with Crippen molar-refractivity contribution < 1.29 is 46.6 Å². The van der Waals surface area contributed by atoms with Crippen LogP contribution in [0.5, 0.6) is 23.0 Å². The van der Waals surface area contributed by atoms with Crippen molar-refractivity contribution in [2.24, 2.45) is 0 Å². The second-order valence-corrected chi connectivity index (χ2v) is 17.1. The molecule has 0 N–H and O–H groups in total. The highest BCUT2D eigenvalue weighted by molar-refractivity contribution is 6.07. The molecule has 384 valence electrons. The van der Waals surface area contributed by atoms with Crippen LogP contribution < -0.4 is 33.6 Å². The Hall–Kier alpha value is -9.79. The highest BCUT2D eigenvalue weighted by atomic mass is 16.5. The van der Waals surface area contributed by atoms with Crippen molar-refractivity contribution in [3.8, 4) is 23.0 Å². The first-order chi connectivity index (χ1) is 37.2. The van der Waals surface area contributed by atoms with Gasteiger partial charge in [0.25, 0.3) is 17.7 Å². The standard InChI is InChI=1S/C19H17N3O4.2C18H16N4O3/c1-24-15-8-5-10-20-18(15)22-11-9-14-17(19(22)23)26-16(21-14)12-25-13-6-3-2-4-7-13;2*1-12-9-19-10-15(20-12)22-8-7-14-17(18(22)23)25-16(21-14)11-24-13-5-3-2-4-6-13/h2-8,10H,9,11-12H2,1H3;2*2-6,9-10H,7-8,11H2,1H3. The third-order valence-electron chi connectivity index (χ3n) is 11.8. The molecule has 12 rings (SSSR count). The molecule has 0 unspecified atom stereocenters. The molecule has 9 heterocycles. The van der Waals surface area contributed by atoms with Crippen LogP contribution in [0.4, 0.5) is 17.5 Å². The van der Waals surface area contributed by atoms with E-state index in [0.717, 1.165) is 28.6 Å². The van der Waals surface area contributed by atoms with Gasteiger partial charge in [-0.3, -0.25) is 39.1 Å². The minimum Gasteiger partial charge on any atom is -0.493 e. The van der Waals surface area contributed by atoms with Gasteiger partial charge in [-0.1, -0.05) is 54.6 Å². The summed E-state index contributed by atoms with van der Waals surface area (Å²) in [5.74, 6) is 5.34. The fourth-order valence-corrected chi connectivity index (χ4v) is 8.25. The number of oxazole rings is 3. The van der Waals surface area contributed by atoms with Crippen LogP contribution in [-0.4, -0.2) is 84.3 Å². The molecule has 6 aromatic heterocycles. The zero-order valence-electron chi connectivity index (χ0n) is 41.6. The number of aromatic nitrogens is 8. The van der Waals surface area contributed by atoms with E-state index in [-0.39, 0.29) is 54.8 Å². The number of ether oxygens (including phenoxy) is 4. The average molecular weight is 1020 g/mol. The number of rotatable bonds is 13. The summed E-state index contributed by atoms with van der Waals surface area (Å²) in [6.07, 6.45) is 9.86. The van der Waals surface area contributed by atoms with Gasteiger partial charge in [0.15, 0.2) is 43.0 Å². The van der Waals surface area contributed by atoms with E-state index in [4.69, 9.17) is 32.2 Å². The van der Waals surface area contributed by atoms with Crippen LogP contribution in [0.15, 0.2) is 147 Å². The number of pyridine rings is 1. The van der Waals surface area contributed by atoms with Gasteiger partial charge in [0.2, 0.25) is 35.0 Å². The van der Waals surface area contributed by atoms with Gasteiger partial charge in [-0.25, -0.2) is 29.9 Å². The molecule has 0 aliphatic carbocycles. The van der Waals surface area contributed by atoms with E-state index in [1.165, 1.54) is 0 Å². The molecule has 76 heavy (non-hydrogen) atoms. The number of methoxy groups -OCH3 is 1. The molecule has 0 spiro atoms. The van der Waals surface area contributed by atoms with E-state index < -0.39 is 0 Å². The molecule has 21 heteroatoms. The van der Waals surface area contributed by atoms with Gasteiger partial charge in [-0.2, -0.15) is 0 Å². The van der Waals surface area contributed by atoms with E-state index in [9.17, 15) is 14.4 Å². The minimum atomic E-state index is -0.276. The first-order valence-corrected chi connectivity index (χ1v) is 24.2. The number of carbonyl (C=O) groups excluding carboxylic acids is 3. The largest absolute Gasteiger partial charge is 0.493 e. The second-order valence-electron chi connectivity index (χ2n) is 17.1. The predicted molar refractivity (Wildman–Crippen MR) is 272 cm³/mol. The van der Waals surface area contributed by atoms with Crippen LogP contribution in [0.25, 0.3) is 0 Å². The fraction of sp³-hybridized carbons (Fsp3) is 0.218. The van der Waals surface area contributed by atoms with Crippen LogP contribution in [0.2, 0.25) is 0 Å². The summed E-state index contributed by atoms with van der Waals surface area (Å²) in [7, 11) is 1.55. The fourth-order valence-electron chi connectivity index (χ4n) is 8.25. The zero-order chi connectivity index (χ0) is 52.4. The van der Waals surface area contributed by atoms with Crippen LogP contribution >= 0.6 is 0 Å². The molecule has 3 amide bonds. The Balaban J connectivity index is 0.000000130. The minimum absolute atomic E-state index is 0.164.